The fourth-order valence-corrected chi connectivity index (χ4v) is 3.74. The first-order valence-corrected chi connectivity index (χ1v) is 10.1. The van der Waals surface area contributed by atoms with Crippen LogP contribution in [0.1, 0.15) is 27.3 Å². The van der Waals surface area contributed by atoms with Crippen molar-refractivity contribution in [1.29, 1.82) is 0 Å². The third kappa shape index (κ3) is 4.79. The Morgan fingerprint density at radius 2 is 1.86 bits per heavy atom. The molecule has 1 heterocycles. The van der Waals surface area contributed by atoms with Crippen LogP contribution in [-0.2, 0) is 10.5 Å². The number of nitrogens with one attached hydrogen (secondary N) is 1. The van der Waals surface area contributed by atoms with Gasteiger partial charge in [-0.2, -0.15) is 0 Å². The summed E-state index contributed by atoms with van der Waals surface area (Å²) < 4.78 is 7.02. The number of benzene rings is 2. The van der Waals surface area contributed by atoms with Gasteiger partial charge in [-0.1, -0.05) is 42.1 Å². The molecule has 0 spiro atoms. The average molecular weight is 397 g/mol. The molecule has 0 fully saturated rings. The molecule has 7 heteroatoms. The lowest BCUT2D eigenvalue weighted by atomic mass is 10.1. The molecule has 1 N–H and O–H groups in total. The van der Waals surface area contributed by atoms with Gasteiger partial charge in [-0.3, -0.25) is 9.36 Å². The molecule has 1 aromatic heterocycles. The summed E-state index contributed by atoms with van der Waals surface area (Å²) in [6.07, 6.45) is 0. The summed E-state index contributed by atoms with van der Waals surface area (Å²) in [6.45, 7) is 5.04. The van der Waals surface area contributed by atoms with E-state index < -0.39 is 0 Å². The van der Waals surface area contributed by atoms with Gasteiger partial charge in [-0.15, -0.1) is 10.2 Å². The molecule has 6 nitrogen and oxygen atoms in total. The van der Waals surface area contributed by atoms with Gasteiger partial charge in [-0.05, 0) is 43.2 Å². The van der Waals surface area contributed by atoms with Gasteiger partial charge in [0.25, 0.3) is 5.91 Å². The molecule has 0 unspecified atom stereocenters. The smallest absolute Gasteiger partial charge is 0.251 e. The van der Waals surface area contributed by atoms with Gasteiger partial charge in [0.15, 0.2) is 5.16 Å². The first kappa shape index (κ1) is 20.1. The molecular weight excluding hydrogens is 372 g/mol. The average Bonchev–Trinajstić information content (AvgIpc) is 3.07. The van der Waals surface area contributed by atoms with Gasteiger partial charge in [-0.25, -0.2) is 0 Å². The summed E-state index contributed by atoms with van der Waals surface area (Å²) in [6, 6.07) is 15.8. The van der Waals surface area contributed by atoms with Gasteiger partial charge in [0.05, 0.1) is 12.3 Å². The van der Waals surface area contributed by atoms with Gasteiger partial charge in [0.2, 0.25) is 0 Å². The normalized spacial score (nSPS) is 10.8. The van der Waals surface area contributed by atoms with Crippen LogP contribution in [-0.4, -0.2) is 40.9 Å². The Kier molecular flexibility index (Phi) is 6.84. The number of hydrogen-bond donors (Lipinski definition) is 1. The zero-order valence-corrected chi connectivity index (χ0v) is 17.1. The molecule has 2 aromatic carbocycles. The summed E-state index contributed by atoms with van der Waals surface area (Å²) in [5, 5.41) is 12.3. The minimum atomic E-state index is -0.0915. The summed E-state index contributed by atoms with van der Waals surface area (Å²) in [7, 11) is 1.61. The first-order chi connectivity index (χ1) is 13.6. The van der Waals surface area contributed by atoms with Crippen LogP contribution in [0.5, 0.6) is 0 Å². The zero-order chi connectivity index (χ0) is 19.9. The Balaban J connectivity index is 1.67. The van der Waals surface area contributed by atoms with E-state index in [9.17, 15) is 4.79 Å². The van der Waals surface area contributed by atoms with E-state index in [-0.39, 0.29) is 5.91 Å². The molecule has 0 bridgehead atoms. The number of para-hydroxylation sites is 1. The number of carbonyl (C=O) groups excluding carboxylic acids is 1. The Morgan fingerprint density at radius 1 is 1.11 bits per heavy atom. The third-order valence-corrected chi connectivity index (χ3v) is 5.33. The number of aromatic nitrogens is 3. The van der Waals surface area contributed by atoms with E-state index in [2.05, 4.69) is 39.1 Å². The van der Waals surface area contributed by atoms with Crippen molar-refractivity contribution in [3.05, 3.63) is 71.0 Å². The molecule has 1 amide bonds. The van der Waals surface area contributed by atoms with Crippen LogP contribution in [0.15, 0.2) is 53.7 Å². The van der Waals surface area contributed by atoms with Crippen molar-refractivity contribution in [1.82, 2.24) is 20.1 Å². The molecule has 0 saturated heterocycles. The van der Waals surface area contributed by atoms with Crippen molar-refractivity contribution in [2.75, 3.05) is 20.3 Å². The fourth-order valence-electron chi connectivity index (χ4n) is 2.80. The van der Waals surface area contributed by atoms with Gasteiger partial charge >= 0.3 is 0 Å². The number of ether oxygens (including phenoxy) is 1. The highest BCUT2D eigenvalue weighted by molar-refractivity contribution is 7.98. The molecule has 3 aromatic rings. The van der Waals surface area contributed by atoms with E-state index in [0.717, 1.165) is 28.0 Å². The monoisotopic (exact) mass is 396 g/mol. The van der Waals surface area contributed by atoms with Crippen LogP contribution in [0.4, 0.5) is 0 Å². The van der Waals surface area contributed by atoms with E-state index in [4.69, 9.17) is 4.74 Å². The Hall–Kier alpha value is -2.64. The van der Waals surface area contributed by atoms with Crippen LogP contribution >= 0.6 is 11.8 Å². The Bertz CT molecular complexity index is 938. The van der Waals surface area contributed by atoms with Crippen molar-refractivity contribution in [2.24, 2.45) is 0 Å². The maximum absolute atomic E-state index is 12.1. The van der Waals surface area contributed by atoms with Crippen LogP contribution in [0.2, 0.25) is 0 Å². The molecule has 0 aliphatic rings. The van der Waals surface area contributed by atoms with Gasteiger partial charge in [0.1, 0.15) is 5.82 Å². The van der Waals surface area contributed by atoms with E-state index in [1.54, 1.807) is 18.9 Å². The molecular formula is C21H24N4O2S. The molecule has 0 atom stereocenters. The molecule has 28 heavy (non-hydrogen) atoms. The standard InChI is InChI=1S/C21H24N4O2S/c1-15-6-4-5-7-19(15)25-16(2)23-24-21(25)28-14-17-8-10-18(11-9-17)20(26)22-12-13-27-3/h4-11H,12-14H2,1-3H3,(H,22,26). The molecule has 0 radical (unpaired) electrons. The highest BCUT2D eigenvalue weighted by Gasteiger charge is 2.13. The first-order valence-electron chi connectivity index (χ1n) is 9.07. The topological polar surface area (TPSA) is 69.0 Å². The maximum Gasteiger partial charge on any atom is 0.251 e. The van der Waals surface area contributed by atoms with E-state index in [1.807, 2.05) is 43.3 Å². The predicted molar refractivity (Wildman–Crippen MR) is 111 cm³/mol. The molecule has 0 saturated carbocycles. The number of thioether (sulfide) groups is 1. The Labute approximate surface area is 169 Å². The number of amides is 1. The number of rotatable bonds is 8. The molecule has 0 aliphatic carbocycles. The van der Waals surface area contributed by atoms with Crippen molar-refractivity contribution >= 4 is 17.7 Å². The van der Waals surface area contributed by atoms with E-state index in [1.165, 1.54) is 5.56 Å². The van der Waals surface area contributed by atoms with Crippen molar-refractivity contribution in [3.8, 4) is 5.69 Å². The van der Waals surface area contributed by atoms with Crippen LogP contribution in [0.25, 0.3) is 5.69 Å². The number of nitrogens with zero attached hydrogens (tertiary/aromatic N) is 3. The lowest BCUT2D eigenvalue weighted by molar-refractivity contribution is 0.0937. The summed E-state index contributed by atoms with van der Waals surface area (Å²) in [5.74, 6) is 1.52. The van der Waals surface area contributed by atoms with Gasteiger partial charge in [0, 0.05) is 25.0 Å². The summed E-state index contributed by atoms with van der Waals surface area (Å²) >= 11 is 1.63. The second kappa shape index (κ2) is 9.52. The molecule has 0 aliphatic heterocycles. The second-order valence-corrected chi connectivity index (χ2v) is 7.33. The number of hydrogen-bond acceptors (Lipinski definition) is 5. The third-order valence-electron chi connectivity index (χ3n) is 4.33. The molecule has 3 rings (SSSR count). The predicted octanol–water partition coefficient (Wildman–Crippen LogP) is 3.55. The van der Waals surface area contributed by atoms with Crippen LogP contribution < -0.4 is 5.32 Å². The number of aryl methyl sites for hydroxylation is 2. The number of methoxy groups -OCH3 is 1. The van der Waals surface area contributed by atoms with E-state index in [0.29, 0.717) is 18.7 Å². The lowest BCUT2D eigenvalue weighted by Gasteiger charge is -2.11. The quantitative estimate of drug-likeness (QED) is 0.466. The second-order valence-electron chi connectivity index (χ2n) is 6.39. The minimum Gasteiger partial charge on any atom is -0.383 e. The Morgan fingerprint density at radius 3 is 2.57 bits per heavy atom. The van der Waals surface area contributed by atoms with Crippen LogP contribution in [0.3, 0.4) is 0 Å². The fraction of sp³-hybridized carbons (Fsp3) is 0.286. The summed E-state index contributed by atoms with van der Waals surface area (Å²) in [4.78, 5) is 12.1. The highest BCUT2D eigenvalue weighted by atomic mass is 32.2. The largest absolute Gasteiger partial charge is 0.383 e. The lowest BCUT2D eigenvalue weighted by Crippen LogP contribution is -2.26. The zero-order valence-electron chi connectivity index (χ0n) is 16.3. The van der Waals surface area contributed by atoms with E-state index >= 15 is 0 Å². The summed E-state index contributed by atoms with van der Waals surface area (Å²) in [5.41, 5.74) is 4.03. The van der Waals surface area contributed by atoms with Gasteiger partial charge < -0.3 is 10.1 Å². The van der Waals surface area contributed by atoms with Crippen LogP contribution in [0, 0.1) is 13.8 Å². The minimum absolute atomic E-state index is 0.0915. The highest BCUT2D eigenvalue weighted by Crippen LogP contribution is 2.26. The number of carbonyl (C=O) groups is 1. The maximum atomic E-state index is 12.1. The van der Waals surface area contributed by atoms with Crippen molar-refractivity contribution in [3.63, 3.8) is 0 Å². The van der Waals surface area contributed by atoms with Crippen molar-refractivity contribution < 1.29 is 9.53 Å². The molecule has 146 valence electrons. The van der Waals surface area contributed by atoms with Crippen molar-refractivity contribution in [2.45, 2.75) is 24.8 Å². The SMILES string of the molecule is COCCNC(=O)c1ccc(CSc2nnc(C)n2-c2ccccc2C)cc1.